The van der Waals surface area contributed by atoms with Crippen molar-refractivity contribution in [3.8, 4) is 0 Å². The number of benzene rings is 1. The second kappa shape index (κ2) is 7.22. The summed E-state index contributed by atoms with van der Waals surface area (Å²) in [4.78, 5) is 16.6. The van der Waals surface area contributed by atoms with E-state index < -0.39 is 0 Å². The number of rotatable bonds is 4. The number of hydrogen-bond donors (Lipinski definition) is 2. The highest BCUT2D eigenvalue weighted by atomic mass is 35.5. The average molecular weight is 344 g/mol. The van der Waals surface area contributed by atoms with Crippen LogP contribution in [0, 0.1) is 13.8 Å². The summed E-state index contributed by atoms with van der Waals surface area (Å²) < 4.78 is 0. The first-order valence-corrected chi connectivity index (χ1v) is 8.71. The summed E-state index contributed by atoms with van der Waals surface area (Å²) in [5.41, 5.74) is 4.27. The van der Waals surface area contributed by atoms with Crippen LogP contribution in [0.15, 0.2) is 30.5 Å². The molecule has 1 aliphatic rings. The molecule has 1 aromatic heterocycles. The first-order chi connectivity index (χ1) is 11.5. The summed E-state index contributed by atoms with van der Waals surface area (Å²) in [6, 6.07) is 7.88. The molecule has 1 aromatic carbocycles. The molecule has 1 heterocycles. The Labute approximate surface area is 147 Å². The first-order valence-electron chi connectivity index (χ1n) is 8.33. The van der Waals surface area contributed by atoms with Crippen LogP contribution < -0.4 is 10.6 Å². The molecular formula is C19H22ClN3O. The number of carbonyl (C=O) groups is 1. The molecule has 0 atom stereocenters. The maximum Gasteiger partial charge on any atom is 0.270 e. The van der Waals surface area contributed by atoms with E-state index in [0.29, 0.717) is 10.7 Å². The van der Waals surface area contributed by atoms with Crippen molar-refractivity contribution < 1.29 is 4.79 Å². The normalized spacial score (nSPS) is 14.6. The third-order valence-corrected chi connectivity index (χ3v) is 4.68. The molecule has 1 fully saturated rings. The number of anilines is 2. The van der Waals surface area contributed by atoms with Crippen LogP contribution in [0.2, 0.25) is 5.02 Å². The van der Waals surface area contributed by atoms with Crippen molar-refractivity contribution in [2.24, 2.45) is 0 Å². The Morgan fingerprint density at radius 3 is 2.67 bits per heavy atom. The number of nitrogens with one attached hydrogen (secondary N) is 2. The molecule has 1 aliphatic carbocycles. The van der Waals surface area contributed by atoms with Gasteiger partial charge in [0.05, 0.1) is 10.7 Å². The fourth-order valence-corrected chi connectivity index (χ4v) is 3.55. The fraction of sp³-hybridized carbons (Fsp3) is 0.368. The van der Waals surface area contributed by atoms with Crippen molar-refractivity contribution >= 4 is 28.9 Å². The van der Waals surface area contributed by atoms with Crippen molar-refractivity contribution in [1.29, 1.82) is 0 Å². The summed E-state index contributed by atoms with van der Waals surface area (Å²) >= 11 is 6.34. The Morgan fingerprint density at radius 1 is 1.21 bits per heavy atom. The lowest BCUT2D eigenvalue weighted by atomic mass is 10.1. The van der Waals surface area contributed by atoms with E-state index in [9.17, 15) is 4.79 Å². The van der Waals surface area contributed by atoms with Gasteiger partial charge in [-0.3, -0.25) is 9.78 Å². The molecule has 24 heavy (non-hydrogen) atoms. The van der Waals surface area contributed by atoms with E-state index in [1.807, 2.05) is 26.0 Å². The van der Waals surface area contributed by atoms with Crippen LogP contribution >= 0.6 is 11.6 Å². The van der Waals surface area contributed by atoms with Gasteiger partial charge in [-0.25, -0.2) is 0 Å². The third kappa shape index (κ3) is 3.88. The van der Waals surface area contributed by atoms with Gasteiger partial charge in [0.1, 0.15) is 5.69 Å². The number of hydrogen-bond acceptors (Lipinski definition) is 3. The van der Waals surface area contributed by atoms with Crippen molar-refractivity contribution in [3.05, 3.63) is 52.3 Å². The second-order valence-electron chi connectivity index (χ2n) is 6.45. The highest BCUT2D eigenvalue weighted by molar-refractivity contribution is 6.33. The van der Waals surface area contributed by atoms with Crippen LogP contribution in [-0.4, -0.2) is 16.9 Å². The maximum absolute atomic E-state index is 12.4. The quantitative estimate of drug-likeness (QED) is 0.840. The predicted molar refractivity (Wildman–Crippen MR) is 98.2 cm³/mol. The molecule has 4 nitrogen and oxygen atoms in total. The Hall–Kier alpha value is -2.07. The number of nitrogens with zero attached hydrogens (tertiary/aromatic N) is 1. The van der Waals surface area contributed by atoms with E-state index in [1.165, 1.54) is 12.8 Å². The van der Waals surface area contributed by atoms with E-state index in [0.717, 1.165) is 35.3 Å². The lowest BCUT2D eigenvalue weighted by molar-refractivity contribution is 0.0933. The molecule has 1 amide bonds. The van der Waals surface area contributed by atoms with Gasteiger partial charge in [0.25, 0.3) is 5.91 Å². The van der Waals surface area contributed by atoms with Crippen LogP contribution in [0.3, 0.4) is 0 Å². The average Bonchev–Trinajstić information content (AvgIpc) is 3.04. The summed E-state index contributed by atoms with van der Waals surface area (Å²) in [5.74, 6) is -0.114. The van der Waals surface area contributed by atoms with Crippen LogP contribution in [0.1, 0.15) is 47.3 Å². The minimum atomic E-state index is -0.114. The van der Waals surface area contributed by atoms with Gasteiger partial charge in [0, 0.05) is 17.9 Å². The molecule has 0 unspecified atom stereocenters. The number of amides is 1. The lowest BCUT2D eigenvalue weighted by Crippen LogP contribution is -2.33. The number of halogens is 1. The first kappa shape index (κ1) is 16.8. The van der Waals surface area contributed by atoms with Crippen LogP contribution in [0.4, 0.5) is 11.4 Å². The number of aromatic nitrogens is 1. The van der Waals surface area contributed by atoms with Crippen molar-refractivity contribution in [1.82, 2.24) is 10.3 Å². The summed E-state index contributed by atoms with van der Waals surface area (Å²) in [7, 11) is 0. The third-order valence-electron chi connectivity index (χ3n) is 4.38. The molecule has 0 saturated heterocycles. The second-order valence-corrected chi connectivity index (χ2v) is 6.86. The molecule has 0 radical (unpaired) electrons. The van der Waals surface area contributed by atoms with Gasteiger partial charge in [-0.2, -0.15) is 0 Å². The minimum absolute atomic E-state index is 0.114. The molecular weight excluding hydrogens is 322 g/mol. The smallest absolute Gasteiger partial charge is 0.270 e. The van der Waals surface area contributed by atoms with Crippen LogP contribution in [0.5, 0.6) is 0 Å². The molecule has 2 aromatic rings. The van der Waals surface area contributed by atoms with Crippen LogP contribution in [0.25, 0.3) is 0 Å². The zero-order valence-corrected chi connectivity index (χ0v) is 14.8. The monoisotopic (exact) mass is 343 g/mol. The molecule has 2 N–H and O–H groups in total. The largest absolute Gasteiger partial charge is 0.354 e. The summed E-state index contributed by atoms with van der Waals surface area (Å²) in [5, 5.41) is 7.03. The maximum atomic E-state index is 12.4. The van der Waals surface area contributed by atoms with Gasteiger partial charge < -0.3 is 10.6 Å². The van der Waals surface area contributed by atoms with E-state index in [2.05, 4.69) is 21.7 Å². The number of carbonyl (C=O) groups excluding carboxylic acids is 1. The van der Waals surface area contributed by atoms with Gasteiger partial charge in [0.2, 0.25) is 0 Å². The van der Waals surface area contributed by atoms with Crippen molar-refractivity contribution in [3.63, 3.8) is 0 Å². The number of pyridine rings is 1. The fourth-order valence-electron chi connectivity index (χ4n) is 3.18. The molecule has 5 heteroatoms. The molecule has 0 spiro atoms. The molecule has 126 valence electrons. The van der Waals surface area contributed by atoms with Crippen LogP contribution in [-0.2, 0) is 0 Å². The van der Waals surface area contributed by atoms with E-state index >= 15 is 0 Å². The molecule has 0 aliphatic heterocycles. The van der Waals surface area contributed by atoms with E-state index in [-0.39, 0.29) is 11.9 Å². The lowest BCUT2D eigenvalue weighted by Gasteiger charge is -2.14. The predicted octanol–water partition coefficient (Wildman–Crippen LogP) is 4.77. The zero-order chi connectivity index (χ0) is 17.1. The van der Waals surface area contributed by atoms with Gasteiger partial charge in [-0.15, -0.1) is 0 Å². The molecule has 1 saturated carbocycles. The topological polar surface area (TPSA) is 54.0 Å². The summed E-state index contributed by atoms with van der Waals surface area (Å²) in [6.45, 7) is 4.02. The standard InChI is InChI=1S/C19H22ClN3O/c1-12-9-13(2)18(16(20)10-12)22-15-7-8-21-17(11-15)19(24)23-14-5-3-4-6-14/h7-11,14H,3-6H2,1-2H3,(H,21,22)(H,23,24). The highest BCUT2D eigenvalue weighted by Gasteiger charge is 2.18. The Kier molecular flexibility index (Phi) is 5.05. The Bertz CT molecular complexity index is 731. The SMILES string of the molecule is Cc1cc(C)c(Nc2ccnc(C(=O)NC3CCCC3)c2)c(Cl)c1. The Morgan fingerprint density at radius 2 is 1.96 bits per heavy atom. The minimum Gasteiger partial charge on any atom is -0.354 e. The molecule has 3 rings (SSSR count). The molecule has 0 bridgehead atoms. The number of aryl methyl sites for hydroxylation is 2. The van der Waals surface area contributed by atoms with E-state index in [1.54, 1.807) is 12.3 Å². The Balaban J connectivity index is 1.77. The van der Waals surface area contributed by atoms with Crippen molar-refractivity contribution in [2.45, 2.75) is 45.6 Å². The van der Waals surface area contributed by atoms with Gasteiger partial charge in [-0.1, -0.05) is 30.5 Å². The highest BCUT2D eigenvalue weighted by Crippen LogP contribution is 2.30. The van der Waals surface area contributed by atoms with Gasteiger partial charge in [-0.05, 0) is 56.0 Å². The summed E-state index contributed by atoms with van der Waals surface area (Å²) in [6.07, 6.45) is 6.13. The van der Waals surface area contributed by atoms with Gasteiger partial charge in [0.15, 0.2) is 0 Å². The van der Waals surface area contributed by atoms with Gasteiger partial charge >= 0.3 is 0 Å². The van der Waals surface area contributed by atoms with Crippen molar-refractivity contribution in [2.75, 3.05) is 5.32 Å². The van der Waals surface area contributed by atoms with E-state index in [4.69, 9.17) is 11.6 Å². The zero-order valence-electron chi connectivity index (χ0n) is 14.0.